The number of hydrogen-bond donors (Lipinski definition) is 1. The van der Waals surface area contributed by atoms with Crippen LogP contribution < -0.4 is 5.32 Å². The van der Waals surface area contributed by atoms with E-state index in [1.165, 1.54) is 38.8 Å². The van der Waals surface area contributed by atoms with Gasteiger partial charge in [-0.15, -0.1) is 24.0 Å². The van der Waals surface area contributed by atoms with Crippen LogP contribution in [0.15, 0.2) is 4.99 Å². The maximum Gasteiger partial charge on any atom is 0.193 e. The van der Waals surface area contributed by atoms with Crippen molar-refractivity contribution in [3.63, 3.8) is 0 Å². The summed E-state index contributed by atoms with van der Waals surface area (Å²) in [5.74, 6) is 2.76. The summed E-state index contributed by atoms with van der Waals surface area (Å²) in [5.41, 5.74) is 0. The van der Waals surface area contributed by atoms with E-state index < -0.39 is 0 Å². The number of guanidine groups is 1. The third-order valence-electron chi connectivity index (χ3n) is 4.64. The molecule has 2 aliphatic heterocycles. The van der Waals surface area contributed by atoms with Gasteiger partial charge in [0.1, 0.15) is 0 Å². The highest BCUT2D eigenvalue weighted by Crippen LogP contribution is 2.17. The Morgan fingerprint density at radius 2 is 1.90 bits per heavy atom. The van der Waals surface area contributed by atoms with E-state index in [2.05, 4.69) is 36.0 Å². The Hall–Kier alpha value is -0.0400. The molecule has 0 bridgehead atoms. The van der Waals surface area contributed by atoms with Crippen LogP contribution in [0, 0.1) is 11.8 Å². The van der Waals surface area contributed by atoms with Gasteiger partial charge in [-0.25, -0.2) is 0 Å². The average molecular weight is 408 g/mol. The molecule has 0 amide bonds. The molecular formula is C16H33IN4. The van der Waals surface area contributed by atoms with Crippen molar-refractivity contribution in [1.29, 1.82) is 0 Å². The molecule has 1 atom stereocenters. The molecule has 2 aliphatic rings. The Labute approximate surface area is 147 Å². The minimum absolute atomic E-state index is 0. The van der Waals surface area contributed by atoms with Gasteiger partial charge in [0, 0.05) is 32.7 Å². The molecule has 0 saturated carbocycles. The first-order valence-corrected chi connectivity index (χ1v) is 8.40. The second-order valence-electron chi connectivity index (χ2n) is 6.63. The third-order valence-corrected chi connectivity index (χ3v) is 4.64. The normalized spacial score (nSPS) is 25.6. The zero-order valence-electron chi connectivity index (χ0n) is 14.0. The molecule has 0 aromatic rings. The molecule has 1 N–H and O–H groups in total. The SMILES string of the molecule is CCNC(=NCC1CCCN(C)C1)N1CCC(C)CC1.I. The zero-order chi connectivity index (χ0) is 14.4. The van der Waals surface area contributed by atoms with Crippen molar-refractivity contribution in [2.24, 2.45) is 16.8 Å². The molecule has 0 radical (unpaired) electrons. The number of aliphatic imine (C=N–C) groups is 1. The lowest BCUT2D eigenvalue weighted by Crippen LogP contribution is -2.45. The maximum atomic E-state index is 4.93. The van der Waals surface area contributed by atoms with Crippen molar-refractivity contribution >= 4 is 29.9 Å². The maximum absolute atomic E-state index is 4.93. The summed E-state index contributed by atoms with van der Waals surface area (Å²) in [7, 11) is 2.23. The van der Waals surface area contributed by atoms with Gasteiger partial charge in [-0.3, -0.25) is 4.99 Å². The van der Waals surface area contributed by atoms with Crippen molar-refractivity contribution in [3.8, 4) is 0 Å². The molecule has 2 saturated heterocycles. The van der Waals surface area contributed by atoms with Gasteiger partial charge in [0.15, 0.2) is 5.96 Å². The van der Waals surface area contributed by atoms with Gasteiger partial charge in [0.05, 0.1) is 0 Å². The first-order valence-electron chi connectivity index (χ1n) is 8.40. The number of nitrogens with zero attached hydrogens (tertiary/aromatic N) is 3. The number of piperidine rings is 2. The molecule has 21 heavy (non-hydrogen) atoms. The van der Waals surface area contributed by atoms with Crippen molar-refractivity contribution < 1.29 is 0 Å². The second-order valence-corrected chi connectivity index (χ2v) is 6.63. The number of hydrogen-bond acceptors (Lipinski definition) is 2. The fourth-order valence-electron chi connectivity index (χ4n) is 3.28. The van der Waals surface area contributed by atoms with Gasteiger partial charge in [0.2, 0.25) is 0 Å². The van der Waals surface area contributed by atoms with Crippen LogP contribution in [0.1, 0.15) is 39.5 Å². The lowest BCUT2D eigenvalue weighted by Gasteiger charge is -2.34. The molecule has 124 valence electrons. The summed E-state index contributed by atoms with van der Waals surface area (Å²) in [6.45, 7) is 11.3. The molecule has 0 aromatic carbocycles. The first-order chi connectivity index (χ1) is 9.69. The molecule has 0 aliphatic carbocycles. The largest absolute Gasteiger partial charge is 0.357 e. The highest BCUT2D eigenvalue weighted by Gasteiger charge is 2.20. The molecule has 4 nitrogen and oxygen atoms in total. The van der Waals surface area contributed by atoms with Gasteiger partial charge < -0.3 is 15.1 Å². The van der Waals surface area contributed by atoms with Crippen LogP contribution in [0.5, 0.6) is 0 Å². The number of halogens is 1. The predicted molar refractivity (Wildman–Crippen MR) is 102 cm³/mol. The molecular weight excluding hydrogens is 375 g/mol. The Morgan fingerprint density at radius 3 is 2.52 bits per heavy atom. The lowest BCUT2D eigenvalue weighted by molar-refractivity contribution is 0.213. The predicted octanol–water partition coefficient (Wildman–Crippen LogP) is 2.64. The van der Waals surface area contributed by atoms with E-state index in [-0.39, 0.29) is 24.0 Å². The molecule has 2 fully saturated rings. The Morgan fingerprint density at radius 1 is 1.19 bits per heavy atom. The summed E-state index contributed by atoms with van der Waals surface area (Å²) in [6, 6.07) is 0. The summed E-state index contributed by atoms with van der Waals surface area (Å²) < 4.78 is 0. The van der Waals surface area contributed by atoms with Crippen LogP contribution in [0.2, 0.25) is 0 Å². The van der Waals surface area contributed by atoms with Crippen LogP contribution in [-0.2, 0) is 0 Å². The average Bonchev–Trinajstić information content (AvgIpc) is 2.44. The van der Waals surface area contributed by atoms with Crippen LogP contribution in [-0.4, -0.2) is 62.1 Å². The fraction of sp³-hybridized carbons (Fsp3) is 0.938. The van der Waals surface area contributed by atoms with Crippen LogP contribution in [0.4, 0.5) is 0 Å². The smallest absolute Gasteiger partial charge is 0.193 e. The number of nitrogens with one attached hydrogen (secondary N) is 1. The Bertz CT molecular complexity index is 313. The van der Waals surface area contributed by atoms with Gasteiger partial charge >= 0.3 is 0 Å². The molecule has 1 unspecified atom stereocenters. The molecule has 0 spiro atoms. The van der Waals surface area contributed by atoms with Gasteiger partial charge in [-0.05, 0) is 58.0 Å². The molecule has 0 aromatic heterocycles. The topological polar surface area (TPSA) is 30.9 Å². The lowest BCUT2D eigenvalue weighted by atomic mass is 9.98. The Balaban J connectivity index is 0.00000220. The molecule has 2 heterocycles. The standard InChI is InChI=1S/C16H32N4.HI/c1-4-17-16(20-10-7-14(2)8-11-20)18-12-15-6-5-9-19(3)13-15;/h14-15H,4-13H2,1-3H3,(H,17,18);1H. The van der Waals surface area contributed by atoms with Crippen molar-refractivity contribution in [3.05, 3.63) is 0 Å². The van der Waals surface area contributed by atoms with E-state index in [1.807, 2.05) is 0 Å². The monoisotopic (exact) mass is 408 g/mol. The van der Waals surface area contributed by atoms with Crippen molar-refractivity contribution in [1.82, 2.24) is 15.1 Å². The first kappa shape index (κ1) is 19.0. The Kier molecular flexibility index (Phi) is 8.94. The highest BCUT2D eigenvalue weighted by molar-refractivity contribution is 14.0. The summed E-state index contributed by atoms with van der Waals surface area (Å²) in [6.07, 6.45) is 5.27. The quantitative estimate of drug-likeness (QED) is 0.443. The van der Waals surface area contributed by atoms with Crippen LogP contribution >= 0.6 is 24.0 Å². The van der Waals surface area contributed by atoms with Gasteiger partial charge in [-0.1, -0.05) is 6.92 Å². The van der Waals surface area contributed by atoms with Crippen molar-refractivity contribution in [2.45, 2.75) is 39.5 Å². The van der Waals surface area contributed by atoms with E-state index in [1.54, 1.807) is 0 Å². The van der Waals surface area contributed by atoms with E-state index in [0.29, 0.717) is 0 Å². The minimum Gasteiger partial charge on any atom is -0.357 e. The summed E-state index contributed by atoms with van der Waals surface area (Å²) in [5, 5.41) is 3.48. The highest BCUT2D eigenvalue weighted by atomic mass is 127. The van der Waals surface area contributed by atoms with Crippen molar-refractivity contribution in [2.75, 3.05) is 46.3 Å². The number of likely N-dealkylation sites (tertiary alicyclic amines) is 2. The van der Waals surface area contributed by atoms with E-state index in [9.17, 15) is 0 Å². The third kappa shape index (κ3) is 6.30. The van der Waals surface area contributed by atoms with Crippen LogP contribution in [0.25, 0.3) is 0 Å². The molecule has 5 heteroatoms. The van der Waals surface area contributed by atoms with Crippen LogP contribution in [0.3, 0.4) is 0 Å². The van der Waals surface area contributed by atoms with Gasteiger partial charge in [0.25, 0.3) is 0 Å². The van der Waals surface area contributed by atoms with Gasteiger partial charge in [-0.2, -0.15) is 0 Å². The minimum atomic E-state index is 0. The fourth-order valence-corrected chi connectivity index (χ4v) is 3.28. The zero-order valence-corrected chi connectivity index (χ0v) is 16.3. The number of rotatable bonds is 3. The second kappa shape index (κ2) is 9.87. The summed E-state index contributed by atoms with van der Waals surface area (Å²) in [4.78, 5) is 9.82. The summed E-state index contributed by atoms with van der Waals surface area (Å²) >= 11 is 0. The van der Waals surface area contributed by atoms with E-state index in [0.717, 1.165) is 44.0 Å². The van der Waals surface area contributed by atoms with E-state index >= 15 is 0 Å². The molecule has 2 rings (SSSR count). The van der Waals surface area contributed by atoms with E-state index in [4.69, 9.17) is 4.99 Å².